The molecule has 1 amide bonds. The average molecular weight is 592 g/mol. The Hall–Kier alpha value is -3.19. The number of aliphatic hydroxyl groups excluding tert-OH is 1. The second-order valence-electron chi connectivity index (χ2n) is 11.6. The third-order valence-electron chi connectivity index (χ3n) is 8.68. The quantitative estimate of drug-likeness (QED) is 0.426. The SMILES string of the molecule is O=C(Nc1ccc(NS(=O)(=O)CCO)cc1N1CCC2(CC1)CC2)c1cc2c(c(N3CCC(F)(F)CC3)n1)OCC2. The molecule has 3 fully saturated rings. The fourth-order valence-corrected chi connectivity index (χ4v) is 6.78. The summed E-state index contributed by atoms with van der Waals surface area (Å²) in [4.78, 5) is 22.1. The van der Waals surface area contributed by atoms with Crippen LogP contribution in [0.25, 0.3) is 0 Å². The van der Waals surface area contributed by atoms with E-state index in [9.17, 15) is 22.0 Å². The van der Waals surface area contributed by atoms with E-state index in [1.54, 1.807) is 29.2 Å². The van der Waals surface area contributed by atoms with E-state index >= 15 is 0 Å². The lowest BCUT2D eigenvalue weighted by Gasteiger charge is -2.35. The van der Waals surface area contributed by atoms with E-state index in [1.165, 1.54) is 12.8 Å². The minimum Gasteiger partial charge on any atom is -0.489 e. The predicted molar refractivity (Wildman–Crippen MR) is 152 cm³/mol. The first kappa shape index (κ1) is 28.0. The Morgan fingerprint density at radius 3 is 2.41 bits per heavy atom. The Kier molecular flexibility index (Phi) is 7.21. The van der Waals surface area contributed by atoms with Crippen molar-refractivity contribution in [2.24, 2.45) is 5.41 Å². The highest BCUT2D eigenvalue weighted by molar-refractivity contribution is 7.92. The number of carbonyl (C=O) groups is 1. The van der Waals surface area contributed by atoms with Gasteiger partial charge in [0.25, 0.3) is 11.8 Å². The number of aromatic nitrogens is 1. The van der Waals surface area contributed by atoms with Crippen molar-refractivity contribution < 1.29 is 31.8 Å². The zero-order chi connectivity index (χ0) is 28.8. The van der Waals surface area contributed by atoms with Crippen LogP contribution in [0.4, 0.5) is 31.7 Å². The van der Waals surface area contributed by atoms with Gasteiger partial charge in [0, 0.05) is 51.0 Å². The van der Waals surface area contributed by atoms with Gasteiger partial charge in [-0.05, 0) is 55.4 Å². The number of fused-ring (bicyclic) bond motifs is 1. The second-order valence-corrected chi connectivity index (χ2v) is 13.4. The summed E-state index contributed by atoms with van der Waals surface area (Å²) in [6, 6.07) is 6.63. The largest absolute Gasteiger partial charge is 0.489 e. The number of rotatable bonds is 8. The van der Waals surface area contributed by atoms with Crippen molar-refractivity contribution in [3.05, 3.63) is 35.5 Å². The number of hydrogen-bond acceptors (Lipinski definition) is 8. The Morgan fingerprint density at radius 1 is 1.02 bits per heavy atom. The number of alkyl halides is 2. The molecule has 3 aliphatic heterocycles. The molecule has 2 saturated heterocycles. The molecule has 6 rings (SSSR count). The third-order valence-corrected chi connectivity index (χ3v) is 9.94. The van der Waals surface area contributed by atoms with E-state index in [1.807, 2.05) is 0 Å². The maximum absolute atomic E-state index is 13.8. The first-order chi connectivity index (χ1) is 19.6. The molecule has 41 heavy (non-hydrogen) atoms. The number of halogens is 2. The Labute approximate surface area is 238 Å². The average Bonchev–Trinajstić information content (AvgIpc) is 3.50. The van der Waals surface area contributed by atoms with E-state index in [0.717, 1.165) is 31.5 Å². The van der Waals surface area contributed by atoms with Crippen molar-refractivity contribution >= 4 is 38.8 Å². The second kappa shape index (κ2) is 10.6. The Morgan fingerprint density at radius 2 is 1.73 bits per heavy atom. The number of ether oxygens (including phenoxy) is 1. The summed E-state index contributed by atoms with van der Waals surface area (Å²) in [7, 11) is -3.73. The van der Waals surface area contributed by atoms with Gasteiger partial charge in [-0.3, -0.25) is 9.52 Å². The molecule has 4 heterocycles. The number of benzene rings is 1. The van der Waals surface area contributed by atoms with E-state index < -0.39 is 34.2 Å². The van der Waals surface area contributed by atoms with Gasteiger partial charge in [-0.1, -0.05) is 0 Å². The number of sulfonamides is 1. The topological polar surface area (TPSA) is 124 Å². The van der Waals surface area contributed by atoms with Gasteiger partial charge in [0.15, 0.2) is 11.6 Å². The molecule has 2 aromatic rings. The van der Waals surface area contributed by atoms with Gasteiger partial charge in [0.05, 0.1) is 36.0 Å². The number of nitrogens with one attached hydrogen (secondary N) is 2. The lowest BCUT2D eigenvalue weighted by atomic mass is 9.93. The van der Waals surface area contributed by atoms with Gasteiger partial charge in [0.2, 0.25) is 10.0 Å². The fraction of sp³-hybridized carbons (Fsp3) is 0.571. The molecule has 3 N–H and O–H groups in total. The van der Waals surface area contributed by atoms with Crippen LogP contribution in [0, 0.1) is 5.41 Å². The number of aliphatic hydroxyl groups is 1. The summed E-state index contributed by atoms with van der Waals surface area (Å²) in [5.74, 6) is -2.61. The number of pyridine rings is 1. The zero-order valence-corrected chi connectivity index (χ0v) is 23.6. The molecule has 13 heteroatoms. The van der Waals surface area contributed by atoms with Gasteiger partial charge in [-0.2, -0.15) is 0 Å². The zero-order valence-electron chi connectivity index (χ0n) is 22.8. The molecule has 10 nitrogen and oxygen atoms in total. The number of hydrogen-bond donors (Lipinski definition) is 3. The van der Waals surface area contributed by atoms with Crippen LogP contribution in [0.3, 0.4) is 0 Å². The molecule has 0 atom stereocenters. The number of amides is 1. The van der Waals surface area contributed by atoms with Crippen LogP contribution >= 0.6 is 0 Å². The summed E-state index contributed by atoms with van der Waals surface area (Å²) in [5, 5.41) is 12.1. The summed E-state index contributed by atoms with van der Waals surface area (Å²) < 4.78 is 60.5. The van der Waals surface area contributed by atoms with E-state index in [-0.39, 0.29) is 31.6 Å². The number of anilines is 4. The van der Waals surface area contributed by atoms with Crippen LogP contribution in [0.15, 0.2) is 24.3 Å². The molecule has 1 saturated carbocycles. The molecule has 1 aromatic carbocycles. The molecule has 222 valence electrons. The van der Waals surface area contributed by atoms with Gasteiger partial charge >= 0.3 is 0 Å². The molecule has 4 aliphatic rings. The summed E-state index contributed by atoms with van der Waals surface area (Å²) in [5.41, 5.74) is 2.96. The molecule has 1 spiro atoms. The highest BCUT2D eigenvalue weighted by atomic mass is 32.2. The molecule has 0 bridgehead atoms. The highest BCUT2D eigenvalue weighted by Gasteiger charge is 2.44. The lowest BCUT2D eigenvalue weighted by molar-refractivity contribution is -0.0222. The summed E-state index contributed by atoms with van der Waals surface area (Å²) in [6.07, 6.45) is 4.56. The highest BCUT2D eigenvalue weighted by Crippen LogP contribution is 2.54. The fourth-order valence-electron chi connectivity index (χ4n) is 5.95. The van der Waals surface area contributed by atoms with Crippen molar-refractivity contribution in [2.75, 3.05) is 65.0 Å². The Bertz CT molecular complexity index is 1430. The van der Waals surface area contributed by atoms with Crippen LogP contribution in [-0.4, -0.2) is 75.5 Å². The number of nitrogens with zero attached hydrogens (tertiary/aromatic N) is 3. The number of carbonyl (C=O) groups excluding carboxylic acids is 1. The maximum atomic E-state index is 13.8. The molecular weight excluding hydrogens is 556 g/mol. The molecule has 1 aliphatic carbocycles. The summed E-state index contributed by atoms with van der Waals surface area (Å²) in [6.45, 7) is 1.75. The maximum Gasteiger partial charge on any atom is 0.274 e. The van der Waals surface area contributed by atoms with Crippen LogP contribution in [0.2, 0.25) is 0 Å². The van der Waals surface area contributed by atoms with Crippen molar-refractivity contribution in [3.63, 3.8) is 0 Å². The van der Waals surface area contributed by atoms with Gasteiger partial charge in [0.1, 0.15) is 5.69 Å². The Balaban J connectivity index is 1.27. The van der Waals surface area contributed by atoms with Crippen molar-refractivity contribution in [2.45, 2.75) is 50.9 Å². The minimum atomic E-state index is -3.73. The van der Waals surface area contributed by atoms with E-state index in [2.05, 4.69) is 19.9 Å². The number of piperidine rings is 2. The van der Waals surface area contributed by atoms with E-state index in [4.69, 9.17) is 9.84 Å². The first-order valence-electron chi connectivity index (χ1n) is 14.2. The molecular formula is C28H35F2N5O5S. The van der Waals surface area contributed by atoms with Gasteiger partial charge in [-0.15, -0.1) is 0 Å². The molecule has 1 aromatic heterocycles. The van der Waals surface area contributed by atoms with Crippen molar-refractivity contribution in [1.29, 1.82) is 0 Å². The van der Waals surface area contributed by atoms with Crippen molar-refractivity contribution in [3.8, 4) is 5.75 Å². The standard InChI is InChI=1S/C28H35F2N5O5S/c29-28(30)8-12-35(13-9-28)25-24-19(3-15-40-24)17-22(31-25)26(37)32-21-2-1-20(33-41(38,39)16-14-36)18-23(21)34-10-6-27(4-5-27)7-11-34/h1-2,17-18,33,36H,3-16H2,(H,32,37). The van der Waals surface area contributed by atoms with Crippen molar-refractivity contribution in [1.82, 2.24) is 4.98 Å². The van der Waals surface area contributed by atoms with Crippen LogP contribution < -0.4 is 24.6 Å². The predicted octanol–water partition coefficient (Wildman–Crippen LogP) is 3.62. The molecule has 0 unspecified atom stereocenters. The normalized spacial score (nSPS) is 20.9. The van der Waals surface area contributed by atoms with Gasteiger partial charge in [-0.25, -0.2) is 22.2 Å². The monoisotopic (exact) mass is 591 g/mol. The molecule has 0 radical (unpaired) electrons. The summed E-state index contributed by atoms with van der Waals surface area (Å²) >= 11 is 0. The van der Waals surface area contributed by atoms with Gasteiger partial charge < -0.3 is 25.0 Å². The third kappa shape index (κ3) is 6.06. The van der Waals surface area contributed by atoms with E-state index in [0.29, 0.717) is 47.1 Å². The lowest BCUT2D eigenvalue weighted by Crippen LogP contribution is -2.40. The van der Waals surface area contributed by atoms with Crippen LogP contribution in [0.5, 0.6) is 5.75 Å². The van der Waals surface area contributed by atoms with Crippen LogP contribution in [0.1, 0.15) is 54.6 Å². The smallest absolute Gasteiger partial charge is 0.274 e. The minimum absolute atomic E-state index is 0.120. The first-order valence-corrected chi connectivity index (χ1v) is 15.8. The van der Waals surface area contributed by atoms with Crippen LogP contribution in [-0.2, 0) is 16.4 Å².